The van der Waals surface area contributed by atoms with Crippen LogP contribution >= 0.6 is 11.6 Å². The topological polar surface area (TPSA) is 56.1 Å². The Kier molecular flexibility index (Phi) is 8.27. The molecule has 1 N–H and O–H groups in total. The molecule has 5 heteroatoms. The quantitative estimate of drug-likeness (QED) is 0.328. The van der Waals surface area contributed by atoms with Crippen molar-refractivity contribution in [1.82, 2.24) is 10.2 Å². The molecule has 0 spiro atoms. The predicted molar refractivity (Wildman–Crippen MR) is 93.8 cm³/mol. The lowest BCUT2D eigenvalue weighted by atomic mass is 10.1. The van der Waals surface area contributed by atoms with Gasteiger partial charge in [0.15, 0.2) is 0 Å². The highest BCUT2D eigenvalue weighted by molar-refractivity contribution is 6.30. The van der Waals surface area contributed by atoms with Crippen molar-refractivity contribution < 1.29 is 4.79 Å². The summed E-state index contributed by atoms with van der Waals surface area (Å²) in [7, 11) is 0. The summed E-state index contributed by atoms with van der Waals surface area (Å²) >= 11 is 5.92. The first kappa shape index (κ1) is 18.5. The molecule has 4 nitrogen and oxygen atoms in total. The van der Waals surface area contributed by atoms with Gasteiger partial charge in [0.2, 0.25) is 0 Å². The third kappa shape index (κ3) is 6.41. The number of rotatable bonds is 9. The molecule has 0 saturated carbocycles. The molecule has 0 fully saturated rings. The van der Waals surface area contributed by atoms with Gasteiger partial charge in [-0.2, -0.15) is 5.26 Å². The van der Waals surface area contributed by atoms with E-state index in [-0.39, 0.29) is 11.5 Å². The Balaban J connectivity index is 2.61. The maximum atomic E-state index is 12.2. The average Bonchev–Trinajstić information content (AvgIpc) is 2.54. The second kappa shape index (κ2) is 10.3. The lowest BCUT2D eigenvalue weighted by Gasteiger charge is -2.18. The molecule has 0 unspecified atom stereocenters. The summed E-state index contributed by atoms with van der Waals surface area (Å²) in [6, 6.07) is 9.50. The van der Waals surface area contributed by atoms with E-state index in [0.29, 0.717) is 24.7 Å². The highest BCUT2D eigenvalue weighted by Gasteiger charge is 2.15. The first-order valence-corrected chi connectivity index (χ1v) is 7.59. The summed E-state index contributed by atoms with van der Waals surface area (Å²) in [6.07, 6.45) is 5.42. The van der Waals surface area contributed by atoms with E-state index in [4.69, 9.17) is 16.9 Å². The van der Waals surface area contributed by atoms with E-state index in [9.17, 15) is 4.79 Å². The van der Waals surface area contributed by atoms with Crippen molar-refractivity contribution in [3.05, 3.63) is 71.9 Å². The minimum atomic E-state index is -0.345. The van der Waals surface area contributed by atoms with Gasteiger partial charge in [0.1, 0.15) is 11.6 Å². The Labute approximate surface area is 142 Å². The number of nitriles is 1. The SMILES string of the molecule is C=CCN(CC=C)C(=O)/C(C#N)=C\NCCc1cccc(Cl)c1. The molecule has 120 valence electrons. The van der Waals surface area contributed by atoms with Crippen molar-refractivity contribution in [2.75, 3.05) is 19.6 Å². The summed E-state index contributed by atoms with van der Waals surface area (Å²) in [5.74, 6) is -0.345. The number of carbonyl (C=O) groups is 1. The number of carbonyl (C=O) groups excluding carboxylic acids is 1. The number of halogens is 1. The lowest BCUT2D eigenvalue weighted by molar-refractivity contribution is -0.125. The summed E-state index contributed by atoms with van der Waals surface area (Å²) in [5.41, 5.74) is 1.14. The molecule has 1 aromatic carbocycles. The van der Waals surface area contributed by atoms with Crippen LogP contribution in [0, 0.1) is 11.3 Å². The average molecular weight is 330 g/mol. The number of amides is 1. The van der Waals surface area contributed by atoms with E-state index in [1.807, 2.05) is 30.3 Å². The maximum absolute atomic E-state index is 12.2. The van der Waals surface area contributed by atoms with Gasteiger partial charge in [-0.15, -0.1) is 13.2 Å². The largest absolute Gasteiger partial charge is 0.389 e. The van der Waals surface area contributed by atoms with Crippen molar-refractivity contribution in [2.45, 2.75) is 6.42 Å². The van der Waals surface area contributed by atoms with Crippen LogP contribution in [-0.2, 0) is 11.2 Å². The van der Waals surface area contributed by atoms with Crippen molar-refractivity contribution >= 4 is 17.5 Å². The zero-order valence-electron chi connectivity index (χ0n) is 13.0. The summed E-state index contributed by atoms with van der Waals surface area (Å²) in [6.45, 7) is 8.55. The summed E-state index contributed by atoms with van der Waals surface area (Å²) < 4.78 is 0. The minimum absolute atomic E-state index is 0.0554. The molecule has 1 amide bonds. The van der Waals surface area contributed by atoms with Gasteiger partial charge in [-0.25, -0.2) is 0 Å². The molecule has 1 rings (SSSR count). The van der Waals surface area contributed by atoms with E-state index in [1.165, 1.54) is 11.1 Å². The fourth-order valence-corrected chi connectivity index (χ4v) is 2.16. The molecule has 0 aliphatic rings. The van der Waals surface area contributed by atoms with E-state index in [1.54, 1.807) is 12.2 Å². The van der Waals surface area contributed by atoms with Crippen molar-refractivity contribution in [2.24, 2.45) is 0 Å². The van der Waals surface area contributed by atoms with Gasteiger partial charge in [0.25, 0.3) is 5.91 Å². The second-order valence-corrected chi connectivity index (χ2v) is 5.23. The Hall–Kier alpha value is -2.51. The highest BCUT2D eigenvalue weighted by atomic mass is 35.5. The van der Waals surface area contributed by atoms with Gasteiger partial charge in [-0.3, -0.25) is 4.79 Å². The monoisotopic (exact) mass is 329 g/mol. The van der Waals surface area contributed by atoms with Gasteiger partial charge < -0.3 is 10.2 Å². The number of benzene rings is 1. The zero-order valence-corrected chi connectivity index (χ0v) is 13.7. The molecule has 0 bridgehead atoms. The Morgan fingerprint density at radius 3 is 2.61 bits per heavy atom. The molecule has 23 heavy (non-hydrogen) atoms. The number of hydrogen-bond donors (Lipinski definition) is 1. The van der Waals surface area contributed by atoms with Gasteiger partial charge in [0.05, 0.1) is 0 Å². The molecule has 0 saturated heterocycles. The normalized spacial score (nSPS) is 10.5. The summed E-state index contributed by atoms with van der Waals surface area (Å²) in [5, 5.41) is 12.8. The fourth-order valence-electron chi connectivity index (χ4n) is 1.95. The molecule has 0 radical (unpaired) electrons. The maximum Gasteiger partial charge on any atom is 0.266 e. The number of hydrogen-bond acceptors (Lipinski definition) is 3. The van der Waals surface area contributed by atoms with E-state index in [0.717, 1.165) is 12.0 Å². The molecule has 1 aromatic rings. The van der Waals surface area contributed by atoms with Crippen LogP contribution in [0.5, 0.6) is 0 Å². The van der Waals surface area contributed by atoms with Gasteiger partial charge in [-0.05, 0) is 24.1 Å². The Morgan fingerprint density at radius 1 is 1.35 bits per heavy atom. The van der Waals surface area contributed by atoms with Crippen LogP contribution in [0.4, 0.5) is 0 Å². The van der Waals surface area contributed by atoms with Crippen molar-refractivity contribution in [3.63, 3.8) is 0 Å². The van der Waals surface area contributed by atoms with E-state index < -0.39 is 0 Å². The predicted octanol–water partition coefficient (Wildman–Crippen LogP) is 3.08. The smallest absolute Gasteiger partial charge is 0.266 e. The van der Waals surface area contributed by atoms with Crippen LogP contribution in [0.15, 0.2) is 61.3 Å². The zero-order chi connectivity index (χ0) is 17.1. The highest BCUT2D eigenvalue weighted by Crippen LogP contribution is 2.10. The van der Waals surface area contributed by atoms with Crippen LogP contribution in [0.2, 0.25) is 5.02 Å². The van der Waals surface area contributed by atoms with Crippen LogP contribution in [0.3, 0.4) is 0 Å². The lowest BCUT2D eigenvalue weighted by Crippen LogP contribution is -2.32. The van der Waals surface area contributed by atoms with Crippen LogP contribution < -0.4 is 5.32 Å². The van der Waals surface area contributed by atoms with Crippen LogP contribution in [-0.4, -0.2) is 30.4 Å². The van der Waals surface area contributed by atoms with Gasteiger partial charge in [0, 0.05) is 30.9 Å². The van der Waals surface area contributed by atoms with Gasteiger partial charge in [-0.1, -0.05) is 35.9 Å². The Morgan fingerprint density at radius 2 is 2.04 bits per heavy atom. The molecule has 0 atom stereocenters. The molecule has 0 heterocycles. The van der Waals surface area contributed by atoms with Gasteiger partial charge >= 0.3 is 0 Å². The minimum Gasteiger partial charge on any atom is -0.389 e. The fraction of sp³-hybridized carbons (Fsp3) is 0.222. The van der Waals surface area contributed by atoms with Crippen LogP contribution in [0.1, 0.15) is 5.56 Å². The standard InChI is InChI=1S/C18H20ClN3O/c1-3-10-22(11-4-2)18(23)16(13-20)14-21-9-8-15-6-5-7-17(19)12-15/h3-7,12,14,21H,1-2,8-11H2/b16-14-. The first-order chi connectivity index (χ1) is 11.1. The van der Waals surface area contributed by atoms with Crippen molar-refractivity contribution in [3.8, 4) is 6.07 Å². The third-order valence-electron chi connectivity index (χ3n) is 3.03. The first-order valence-electron chi connectivity index (χ1n) is 7.21. The molecular formula is C18H20ClN3O. The summed E-state index contributed by atoms with van der Waals surface area (Å²) in [4.78, 5) is 13.7. The van der Waals surface area contributed by atoms with E-state index >= 15 is 0 Å². The second-order valence-electron chi connectivity index (χ2n) is 4.79. The molecule has 0 aliphatic heterocycles. The Bertz CT molecular complexity index is 621. The molecule has 0 aromatic heterocycles. The number of nitrogens with zero attached hydrogens (tertiary/aromatic N) is 2. The van der Waals surface area contributed by atoms with E-state index in [2.05, 4.69) is 18.5 Å². The van der Waals surface area contributed by atoms with Crippen LogP contribution in [0.25, 0.3) is 0 Å². The number of nitrogens with one attached hydrogen (secondary N) is 1. The van der Waals surface area contributed by atoms with Crippen molar-refractivity contribution in [1.29, 1.82) is 5.26 Å². The molecular weight excluding hydrogens is 310 g/mol. The molecule has 0 aliphatic carbocycles. The third-order valence-corrected chi connectivity index (χ3v) is 3.27.